The lowest BCUT2D eigenvalue weighted by molar-refractivity contribution is -0.159. The van der Waals surface area contributed by atoms with Crippen LogP contribution in [0.25, 0.3) is 0 Å². The first kappa shape index (κ1) is 23.6. The fourth-order valence-electron chi connectivity index (χ4n) is 2.24. The summed E-state index contributed by atoms with van der Waals surface area (Å²) in [5, 5.41) is 0. The van der Waals surface area contributed by atoms with Crippen molar-refractivity contribution in [2.45, 2.75) is 83.4 Å². The highest BCUT2D eigenvalue weighted by Gasteiger charge is 2.31. The Hall–Kier alpha value is -1.44. The molecule has 0 aliphatic carbocycles. The number of aryl methyl sites for hydroxylation is 1. The van der Waals surface area contributed by atoms with E-state index in [2.05, 4.69) is 11.6 Å². The van der Waals surface area contributed by atoms with Gasteiger partial charge in [0.25, 0.3) is 0 Å². The van der Waals surface area contributed by atoms with Crippen LogP contribution in [0, 0.1) is 0 Å². The van der Waals surface area contributed by atoms with Gasteiger partial charge in [-0.25, -0.2) is 8.42 Å². The van der Waals surface area contributed by atoms with E-state index in [1.165, 1.54) is 0 Å². The molecular formula is C20H33NO5S. The molecule has 0 aromatic heterocycles. The lowest BCUT2D eigenvalue weighted by atomic mass is 10.1. The average Bonchev–Trinajstić information content (AvgIpc) is 2.49. The predicted molar refractivity (Wildman–Crippen MR) is 106 cm³/mol. The molecule has 0 spiro atoms. The van der Waals surface area contributed by atoms with Gasteiger partial charge in [0.2, 0.25) is 10.0 Å². The van der Waals surface area contributed by atoms with Gasteiger partial charge >= 0.3 is 5.97 Å². The van der Waals surface area contributed by atoms with Gasteiger partial charge in [0.05, 0.1) is 17.1 Å². The van der Waals surface area contributed by atoms with Crippen molar-refractivity contribution in [2.24, 2.45) is 0 Å². The van der Waals surface area contributed by atoms with Gasteiger partial charge in [0, 0.05) is 0 Å². The van der Waals surface area contributed by atoms with Crippen LogP contribution in [0.4, 0.5) is 0 Å². The van der Waals surface area contributed by atoms with Gasteiger partial charge in [-0.1, -0.05) is 25.5 Å². The summed E-state index contributed by atoms with van der Waals surface area (Å²) in [5.41, 5.74) is -0.186. The minimum atomic E-state index is -3.89. The molecule has 0 bridgehead atoms. The molecule has 0 saturated carbocycles. The SMILES string of the molecule is CCCc1ccc(S(=O)(=O)NC(COC(C)(C)C)C(=O)OC(C)(C)C)cc1. The number of carbonyl (C=O) groups excluding carboxylic acids is 1. The molecular weight excluding hydrogens is 366 g/mol. The van der Waals surface area contributed by atoms with Crippen LogP contribution in [0.2, 0.25) is 0 Å². The largest absolute Gasteiger partial charge is 0.459 e. The van der Waals surface area contributed by atoms with Crippen molar-refractivity contribution in [2.75, 3.05) is 6.61 Å². The first-order valence-corrected chi connectivity index (χ1v) is 10.7. The van der Waals surface area contributed by atoms with E-state index in [1.807, 2.05) is 20.8 Å². The van der Waals surface area contributed by atoms with Gasteiger partial charge in [-0.15, -0.1) is 0 Å². The molecule has 1 N–H and O–H groups in total. The number of nitrogens with one attached hydrogen (secondary N) is 1. The lowest BCUT2D eigenvalue weighted by Crippen LogP contribution is -2.48. The molecule has 1 unspecified atom stereocenters. The Morgan fingerprint density at radius 1 is 1.04 bits per heavy atom. The fourth-order valence-corrected chi connectivity index (χ4v) is 3.40. The van der Waals surface area contributed by atoms with Crippen LogP contribution in [0.5, 0.6) is 0 Å². The number of benzene rings is 1. The second-order valence-corrected chi connectivity index (χ2v) is 10.2. The molecule has 0 amide bonds. The van der Waals surface area contributed by atoms with E-state index < -0.39 is 33.2 Å². The summed E-state index contributed by atoms with van der Waals surface area (Å²) in [7, 11) is -3.89. The molecule has 1 aromatic rings. The van der Waals surface area contributed by atoms with E-state index in [0.29, 0.717) is 0 Å². The molecule has 0 fully saturated rings. The predicted octanol–water partition coefficient (Wildman–Crippen LogP) is 3.44. The molecule has 6 nitrogen and oxygen atoms in total. The van der Waals surface area contributed by atoms with Crippen LogP contribution >= 0.6 is 0 Å². The Kier molecular flexibility index (Phi) is 8.01. The Balaban J connectivity index is 3.01. The van der Waals surface area contributed by atoms with Crippen molar-refractivity contribution < 1.29 is 22.7 Å². The molecule has 27 heavy (non-hydrogen) atoms. The van der Waals surface area contributed by atoms with E-state index in [4.69, 9.17) is 9.47 Å². The number of carbonyl (C=O) groups is 1. The molecule has 1 rings (SSSR count). The zero-order chi connectivity index (χ0) is 20.9. The van der Waals surface area contributed by atoms with Crippen molar-refractivity contribution in [1.82, 2.24) is 4.72 Å². The van der Waals surface area contributed by atoms with E-state index in [-0.39, 0.29) is 11.5 Å². The first-order valence-electron chi connectivity index (χ1n) is 9.21. The first-order chi connectivity index (χ1) is 12.2. The van der Waals surface area contributed by atoms with Gasteiger partial charge in [-0.3, -0.25) is 4.79 Å². The Morgan fingerprint density at radius 2 is 1.59 bits per heavy atom. The van der Waals surface area contributed by atoms with Gasteiger partial charge in [-0.2, -0.15) is 4.72 Å². The highest BCUT2D eigenvalue weighted by molar-refractivity contribution is 7.89. The molecule has 0 heterocycles. The van der Waals surface area contributed by atoms with Gasteiger partial charge in [0.1, 0.15) is 11.6 Å². The van der Waals surface area contributed by atoms with E-state index in [0.717, 1.165) is 18.4 Å². The third-order valence-electron chi connectivity index (χ3n) is 3.44. The zero-order valence-electron chi connectivity index (χ0n) is 17.5. The molecule has 154 valence electrons. The summed E-state index contributed by atoms with van der Waals surface area (Å²) in [4.78, 5) is 12.6. The summed E-state index contributed by atoms with van der Waals surface area (Å²) in [6.07, 6.45) is 1.86. The second-order valence-electron chi connectivity index (χ2n) is 8.52. The number of hydrogen-bond donors (Lipinski definition) is 1. The summed E-state index contributed by atoms with van der Waals surface area (Å²) < 4.78 is 38.9. The highest BCUT2D eigenvalue weighted by Crippen LogP contribution is 2.16. The monoisotopic (exact) mass is 399 g/mol. The standard InChI is InChI=1S/C20H33NO5S/c1-8-9-15-10-12-16(13-11-15)27(23,24)21-17(14-25-19(2,3)4)18(22)26-20(5,6)7/h10-13,17,21H,8-9,14H2,1-7H3. The number of rotatable bonds is 8. The van der Waals surface area contributed by atoms with Crippen LogP contribution < -0.4 is 4.72 Å². The van der Waals surface area contributed by atoms with Crippen LogP contribution in [0.15, 0.2) is 29.2 Å². The molecule has 0 aliphatic rings. The van der Waals surface area contributed by atoms with Crippen molar-refractivity contribution in [3.63, 3.8) is 0 Å². The molecule has 0 radical (unpaired) electrons. The summed E-state index contributed by atoms with van der Waals surface area (Å²) in [5.74, 6) is -0.669. The molecule has 1 atom stereocenters. The second kappa shape index (κ2) is 9.17. The van der Waals surface area contributed by atoms with Gasteiger partial charge in [-0.05, 0) is 65.7 Å². The van der Waals surface area contributed by atoms with E-state index in [1.54, 1.807) is 45.0 Å². The maximum Gasteiger partial charge on any atom is 0.327 e. The van der Waals surface area contributed by atoms with Crippen molar-refractivity contribution in [1.29, 1.82) is 0 Å². The van der Waals surface area contributed by atoms with Gasteiger partial charge < -0.3 is 9.47 Å². The summed E-state index contributed by atoms with van der Waals surface area (Å²) >= 11 is 0. The summed E-state index contributed by atoms with van der Waals surface area (Å²) in [6.45, 7) is 12.6. The normalized spacial score (nSPS) is 14.0. The summed E-state index contributed by atoms with van der Waals surface area (Å²) in [6, 6.07) is 5.52. The molecule has 7 heteroatoms. The minimum absolute atomic E-state index is 0.103. The number of hydrogen-bond acceptors (Lipinski definition) is 5. The van der Waals surface area contributed by atoms with Crippen LogP contribution in [0.1, 0.15) is 60.5 Å². The smallest absolute Gasteiger partial charge is 0.327 e. The quantitative estimate of drug-likeness (QED) is 0.677. The topological polar surface area (TPSA) is 81.7 Å². The fraction of sp³-hybridized carbons (Fsp3) is 0.650. The lowest BCUT2D eigenvalue weighted by Gasteiger charge is -2.27. The molecule has 0 aliphatic heterocycles. The molecule has 1 aromatic carbocycles. The van der Waals surface area contributed by atoms with Gasteiger partial charge in [0.15, 0.2) is 0 Å². The number of ether oxygens (including phenoxy) is 2. The Bertz CT molecular complexity index is 712. The van der Waals surface area contributed by atoms with Crippen LogP contribution in [-0.4, -0.2) is 38.2 Å². The van der Waals surface area contributed by atoms with Crippen LogP contribution in [0.3, 0.4) is 0 Å². The third kappa shape index (κ3) is 8.86. The average molecular weight is 400 g/mol. The minimum Gasteiger partial charge on any atom is -0.459 e. The maximum absolute atomic E-state index is 12.7. The van der Waals surface area contributed by atoms with Crippen molar-refractivity contribution in [3.8, 4) is 0 Å². The Labute approximate surface area is 163 Å². The third-order valence-corrected chi connectivity index (χ3v) is 4.93. The van der Waals surface area contributed by atoms with Crippen molar-refractivity contribution in [3.05, 3.63) is 29.8 Å². The number of esters is 1. The number of sulfonamides is 1. The maximum atomic E-state index is 12.7. The van der Waals surface area contributed by atoms with E-state index >= 15 is 0 Å². The van der Waals surface area contributed by atoms with Crippen molar-refractivity contribution >= 4 is 16.0 Å². The van der Waals surface area contributed by atoms with Crippen LogP contribution in [-0.2, 0) is 30.7 Å². The Morgan fingerprint density at radius 3 is 2.04 bits per heavy atom. The van der Waals surface area contributed by atoms with E-state index in [9.17, 15) is 13.2 Å². The molecule has 0 saturated heterocycles. The zero-order valence-corrected chi connectivity index (χ0v) is 18.3. The highest BCUT2D eigenvalue weighted by atomic mass is 32.2.